The molecule has 0 spiro atoms. The van der Waals surface area contributed by atoms with Crippen LogP contribution in [0.1, 0.15) is 291 Å². The van der Waals surface area contributed by atoms with Crippen LogP contribution in [0.2, 0.25) is 0 Å². The van der Waals surface area contributed by atoms with Crippen LogP contribution >= 0.6 is 0 Å². The number of carboxylic acids is 3. The van der Waals surface area contributed by atoms with Crippen LogP contribution in [0.4, 0.5) is 0 Å². The number of hydrogen-bond donors (Lipinski definition) is 3. The first-order valence-corrected chi connectivity index (χ1v) is 31.0. The summed E-state index contributed by atoms with van der Waals surface area (Å²) >= 11 is 0. The molecule has 0 aromatic carbocycles. The molecule has 1 saturated heterocycles. The fourth-order valence-corrected chi connectivity index (χ4v) is 11.3. The summed E-state index contributed by atoms with van der Waals surface area (Å²) in [5.41, 5.74) is 0. The number of carbonyl (C=O) groups excluding carboxylic acids is 4. The average molecular weight is 1100 g/mol. The topological polar surface area (TPSA) is 226 Å². The minimum Gasteiger partial charge on any atom is -0.481 e. The normalized spacial score (nSPS) is 18.5. The Kier molecular flexibility index (Phi) is 43.8. The van der Waals surface area contributed by atoms with Crippen molar-refractivity contribution in [2.75, 3.05) is 13.2 Å². The van der Waals surface area contributed by atoms with Crippen molar-refractivity contribution in [1.82, 2.24) is 0 Å². The maximum atomic E-state index is 14.6. The number of hydrogen-bond acceptors (Lipinski definition) is 12. The molecule has 1 aliphatic rings. The van der Waals surface area contributed by atoms with Crippen molar-refractivity contribution in [3.05, 3.63) is 0 Å². The summed E-state index contributed by atoms with van der Waals surface area (Å²) in [6.07, 6.45) is 35.3. The molecule has 1 rings (SSSR count). The first kappa shape index (κ1) is 71.4. The van der Waals surface area contributed by atoms with Crippen molar-refractivity contribution in [2.24, 2.45) is 23.7 Å². The summed E-state index contributed by atoms with van der Waals surface area (Å²) in [5, 5.41) is 29.9. The van der Waals surface area contributed by atoms with E-state index in [1.165, 1.54) is 174 Å². The average Bonchev–Trinajstić information content (AvgIpc) is 3.36. The summed E-state index contributed by atoms with van der Waals surface area (Å²) in [4.78, 5) is 88.8. The van der Waals surface area contributed by atoms with Gasteiger partial charge in [-0.15, -0.1) is 0 Å². The van der Waals surface area contributed by atoms with Crippen molar-refractivity contribution >= 4 is 41.6 Å². The molecule has 0 unspecified atom stereocenters. The van der Waals surface area contributed by atoms with Crippen LogP contribution in [0.25, 0.3) is 0 Å². The van der Waals surface area contributed by atoms with Gasteiger partial charge >= 0.3 is 35.8 Å². The van der Waals surface area contributed by atoms with Gasteiger partial charge in [-0.05, 0) is 25.2 Å². The molecule has 0 amide bonds. The summed E-state index contributed by atoms with van der Waals surface area (Å²) in [7, 11) is 0. The highest BCUT2D eigenvalue weighted by atomic mass is 16.7. The number of carbonyl (C=O) groups is 7. The molecule has 77 heavy (non-hydrogen) atoms. The molecule has 448 valence electrons. The third-order valence-corrected chi connectivity index (χ3v) is 15.5. The SMILES string of the molecule is CCCCCCCCCCCCCCCCCCCCCCCCCC(=O)[C@@H](CO[C@H]1O[C@@H](COC(C)=O)[C@@H](CC(=O)O)[C@H](CC(=O)O)[C@H]1CC(=O)O)[C@H](OC(C)=O)[C@@H](CCCCCCCCCCCCCC)OC(C)=O. The molecule has 0 aromatic rings. The van der Waals surface area contributed by atoms with Crippen molar-refractivity contribution in [2.45, 2.75) is 316 Å². The van der Waals surface area contributed by atoms with Crippen LogP contribution in [-0.4, -0.2) is 94.7 Å². The van der Waals surface area contributed by atoms with E-state index >= 15 is 0 Å². The highest BCUT2D eigenvalue weighted by Gasteiger charge is 2.50. The van der Waals surface area contributed by atoms with Gasteiger partial charge in [0.2, 0.25) is 0 Å². The molecule has 0 bridgehead atoms. The molecule has 1 fully saturated rings. The van der Waals surface area contributed by atoms with Crippen molar-refractivity contribution in [3.8, 4) is 0 Å². The Morgan fingerprint density at radius 3 is 1.14 bits per heavy atom. The summed E-state index contributed by atoms with van der Waals surface area (Å²) in [6.45, 7) is 7.13. The molecular formula is C62H110O15. The maximum absolute atomic E-state index is 14.6. The molecule has 0 radical (unpaired) electrons. The van der Waals surface area contributed by atoms with Gasteiger partial charge in [-0.2, -0.15) is 0 Å². The molecule has 0 aromatic heterocycles. The Labute approximate surface area is 465 Å². The zero-order valence-electron chi connectivity index (χ0n) is 49.1. The number of rotatable bonds is 53. The summed E-state index contributed by atoms with van der Waals surface area (Å²) < 4.78 is 29.6. The molecule has 0 aliphatic carbocycles. The van der Waals surface area contributed by atoms with Crippen LogP contribution in [0.5, 0.6) is 0 Å². The number of ether oxygens (including phenoxy) is 5. The molecule has 15 heteroatoms. The van der Waals surface area contributed by atoms with E-state index < -0.39 is 117 Å². The van der Waals surface area contributed by atoms with E-state index in [-0.39, 0.29) is 12.2 Å². The van der Waals surface area contributed by atoms with Crippen LogP contribution < -0.4 is 0 Å². The Balaban J connectivity index is 3.06. The van der Waals surface area contributed by atoms with E-state index in [9.17, 15) is 48.9 Å². The third kappa shape index (κ3) is 37.8. The molecule has 8 atom stereocenters. The summed E-state index contributed by atoms with van der Waals surface area (Å²) in [5.74, 6) is -10.9. The first-order valence-electron chi connectivity index (χ1n) is 31.0. The van der Waals surface area contributed by atoms with Gasteiger partial charge in [-0.3, -0.25) is 33.6 Å². The van der Waals surface area contributed by atoms with Crippen LogP contribution in [-0.2, 0) is 57.2 Å². The van der Waals surface area contributed by atoms with Crippen LogP contribution in [0, 0.1) is 23.7 Å². The van der Waals surface area contributed by atoms with Gasteiger partial charge < -0.3 is 39.0 Å². The van der Waals surface area contributed by atoms with E-state index in [2.05, 4.69) is 13.8 Å². The number of aliphatic carboxylic acids is 3. The zero-order valence-corrected chi connectivity index (χ0v) is 49.1. The lowest BCUT2D eigenvalue weighted by atomic mass is 9.71. The molecule has 0 saturated carbocycles. The lowest BCUT2D eigenvalue weighted by Gasteiger charge is -2.46. The van der Waals surface area contributed by atoms with E-state index in [1.807, 2.05) is 0 Å². The van der Waals surface area contributed by atoms with Crippen molar-refractivity contribution in [3.63, 3.8) is 0 Å². The van der Waals surface area contributed by atoms with Gasteiger partial charge in [0.1, 0.15) is 18.5 Å². The number of carboxylic acid groups (broad SMARTS) is 3. The number of unbranched alkanes of at least 4 members (excludes halogenated alkanes) is 33. The Morgan fingerprint density at radius 1 is 0.429 bits per heavy atom. The number of esters is 3. The predicted molar refractivity (Wildman–Crippen MR) is 300 cm³/mol. The highest BCUT2D eigenvalue weighted by molar-refractivity contribution is 5.82. The molecule has 15 nitrogen and oxygen atoms in total. The fourth-order valence-electron chi connectivity index (χ4n) is 11.3. The largest absolute Gasteiger partial charge is 0.481 e. The summed E-state index contributed by atoms with van der Waals surface area (Å²) in [6, 6.07) is 0. The van der Waals surface area contributed by atoms with E-state index in [0.29, 0.717) is 19.3 Å². The number of ketones is 1. The number of Topliss-reactive ketones (excluding diaryl/α,β-unsaturated/α-hetero) is 1. The minimum atomic E-state index is -1.50. The fraction of sp³-hybridized carbons (Fsp3) is 0.887. The Bertz CT molecular complexity index is 1570. The highest BCUT2D eigenvalue weighted by Crippen LogP contribution is 2.42. The van der Waals surface area contributed by atoms with Gasteiger partial charge in [0, 0.05) is 45.4 Å². The van der Waals surface area contributed by atoms with Gasteiger partial charge in [0.05, 0.1) is 31.5 Å². The lowest BCUT2D eigenvalue weighted by molar-refractivity contribution is -0.271. The van der Waals surface area contributed by atoms with Gasteiger partial charge in [-0.25, -0.2) is 0 Å². The molecule has 1 aliphatic heterocycles. The third-order valence-electron chi connectivity index (χ3n) is 15.5. The molecule has 3 N–H and O–H groups in total. The van der Waals surface area contributed by atoms with E-state index in [4.69, 9.17) is 23.7 Å². The van der Waals surface area contributed by atoms with Gasteiger partial charge in [0.15, 0.2) is 12.4 Å². The standard InChI is InChI=1S/C62H110O15/c1-6-8-10-12-14-16-18-20-21-22-23-24-25-26-27-28-29-30-31-33-35-37-39-41-55(66)54(61(76-50(5)65)56(75-49(4)64)42-40-38-36-34-32-19-17-15-13-11-9-7-2)46-74-62-53(45-60(71)72)51(43-58(67)68)52(44-59(69)70)57(77-62)47-73-48(3)63/h51-54,56-57,61-62H,6-47H2,1-5H3,(H,67,68)(H,69,70)(H,71,72)/t51-,52-,53+,54+,56+,57-,61-,62-/m0/s1. The van der Waals surface area contributed by atoms with Gasteiger partial charge in [0.25, 0.3) is 0 Å². The van der Waals surface area contributed by atoms with Crippen LogP contribution in [0.3, 0.4) is 0 Å². The minimum absolute atomic E-state index is 0.0951. The molecule has 1 heterocycles. The second kappa shape index (κ2) is 47.2. The second-order valence-electron chi connectivity index (χ2n) is 22.5. The smallest absolute Gasteiger partial charge is 0.303 e. The lowest BCUT2D eigenvalue weighted by Crippen LogP contribution is -2.53. The van der Waals surface area contributed by atoms with E-state index in [1.54, 1.807) is 0 Å². The maximum Gasteiger partial charge on any atom is 0.303 e. The van der Waals surface area contributed by atoms with Gasteiger partial charge in [-0.1, -0.05) is 226 Å². The Hall–Kier alpha value is -3.59. The zero-order chi connectivity index (χ0) is 56.9. The van der Waals surface area contributed by atoms with Crippen molar-refractivity contribution < 1.29 is 72.6 Å². The Morgan fingerprint density at radius 2 is 0.779 bits per heavy atom. The quantitative estimate of drug-likeness (QED) is 0.0292. The van der Waals surface area contributed by atoms with E-state index in [0.717, 1.165) is 58.3 Å². The van der Waals surface area contributed by atoms with Crippen molar-refractivity contribution in [1.29, 1.82) is 0 Å². The molecular weight excluding hydrogens is 985 g/mol. The first-order chi connectivity index (χ1) is 37.1. The monoisotopic (exact) mass is 1090 g/mol. The van der Waals surface area contributed by atoms with Crippen LogP contribution in [0.15, 0.2) is 0 Å². The second-order valence-corrected chi connectivity index (χ2v) is 22.5. The predicted octanol–water partition coefficient (Wildman–Crippen LogP) is 15.1.